The number of fused-ring (bicyclic) bond motifs is 7. The lowest BCUT2D eigenvalue weighted by molar-refractivity contribution is 0.670. The van der Waals surface area contributed by atoms with Gasteiger partial charge in [-0.05, 0) is 84.9 Å². The monoisotopic (exact) mass is 701 g/mol. The average Bonchev–Trinajstić information content (AvgIpc) is 3.65. The molecule has 256 valence electrons. The van der Waals surface area contributed by atoms with Gasteiger partial charge in [0.15, 0.2) is 17.5 Å². The quantitative estimate of drug-likeness (QED) is 0.179. The molecule has 0 N–H and O–H groups in total. The van der Waals surface area contributed by atoms with E-state index in [-0.39, 0.29) is 0 Å². The molecule has 0 bridgehead atoms. The summed E-state index contributed by atoms with van der Waals surface area (Å²) in [6, 6.07) is 65.8. The number of aromatic nitrogens is 3. The highest BCUT2D eigenvalue weighted by atomic mass is 16.3. The highest BCUT2D eigenvalue weighted by Gasteiger charge is 2.20. The molecule has 0 aliphatic rings. The van der Waals surface area contributed by atoms with Crippen molar-refractivity contribution in [2.24, 2.45) is 0 Å². The van der Waals surface area contributed by atoms with Crippen LogP contribution in [-0.4, -0.2) is 15.0 Å². The minimum absolute atomic E-state index is 0.560. The van der Waals surface area contributed by atoms with Gasteiger partial charge in [-0.25, -0.2) is 15.0 Å². The van der Waals surface area contributed by atoms with Crippen LogP contribution < -0.4 is 0 Å². The summed E-state index contributed by atoms with van der Waals surface area (Å²) in [5.41, 5.74) is 8.90. The third kappa shape index (κ3) is 5.34. The van der Waals surface area contributed by atoms with Gasteiger partial charge in [0.1, 0.15) is 11.2 Å². The van der Waals surface area contributed by atoms with Crippen molar-refractivity contribution >= 4 is 54.3 Å². The first-order valence-electron chi connectivity index (χ1n) is 18.5. The van der Waals surface area contributed by atoms with Crippen molar-refractivity contribution in [3.05, 3.63) is 188 Å². The summed E-state index contributed by atoms with van der Waals surface area (Å²) in [5.74, 6) is 1.77. The van der Waals surface area contributed by atoms with Crippen LogP contribution in [0.3, 0.4) is 0 Å². The average molecular weight is 702 g/mol. The number of para-hydroxylation sites is 1. The molecule has 55 heavy (non-hydrogen) atoms. The number of furan rings is 1. The summed E-state index contributed by atoms with van der Waals surface area (Å²) in [7, 11) is 0. The van der Waals surface area contributed by atoms with E-state index in [2.05, 4.69) is 176 Å². The fourth-order valence-electron chi connectivity index (χ4n) is 7.97. The van der Waals surface area contributed by atoms with Crippen LogP contribution in [0.1, 0.15) is 0 Å². The Kier molecular flexibility index (Phi) is 7.14. The topological polar surface area (TPSA) is 51.8 Å². The number of hydrogen-bond donors (Lipinski definition) is 0. The first-order chi connectivity index (χ1) is 27.2. The highest BCUT2D eigenvalue weighted by molar-refractivity contribution is 6.23. The zero-order valence-corrected chi connectivity index (χ0v) is 29.6. The largest absolute Gasteiger partial charge is 0.455 e. The van der Waals surface area contributed by atoms with Gasteiger partial charge in [0.05, 0.1) is 5.56 Å². The summed E-state index contributed by atoms with van der Waals surface area (Å²) in [6.45, 7) is 0. The molecule has 0 fully saturated rings. The molecule has 0 aliphatic carbocycles. The Labute approximate surface area is 317 Å². The van der Waals surface area contributed by atoms with Crippen LogP contribution in [-0.2, 0) is 0 Å². The van der Waals surface area contributed by atoms with Crippen LogP contribution in [0.15, 0.2) is 192 Å². The fraction of sp³-hybridized carbons (Fsp3) is 0. The van der Waals surface area contributed by atoms with Gasteiger partial charge in [-0.3, -0.25) is 0 Å². The van der Waals surface area contributed by atoms with E-state index in [9.17, 15) is 0 Å². The molecular formula is C51H31N3O. The smallest absolute Gasteiger partial charge is 0.167 e. The molecule has 11 rings (SSSR count). The molecule has 0 saturated heterocycles. The molecule has 0 aliphatic heterocycles. The maximum Gasteiger partial charge on any atom is 0.167 e. The standard InChI is InChI=1S/C51H31N3O/c1-3-12-32(13-4-1)36-23-24-38-30-40(27-25-37(38)28-36)50-52-49(39-26-22-33-14-7-8-17-35(33)29-39)53-51(54-50)44-21-11-20-43-47-42-19-10-9-18-41(42)45(31-46(47)55-48(43)44)34-15-5-2-6-16-34/h1-31H. The van der Waals surface area contributed by atoms with E-state index < -0.39 is 0 Å². The predicted molar refractivity (Wildman–Crippen MR) is 227 cm³/mol. The van der Waals surface area contributed by atoms with Gasteiger partial charge in [-0.15, -0.1) is 0 Å². The molecule has 0 spiro atoms. The van der Waals surface area contributed by atoms with E-state index in [0.717, 1.165) is 71.3 Å². The van der Waals surface area contributed by atoms with Crippen molar-refractivity contribution in [1.29, 1.82) is 0 Å². The third-order valence-electron chi connectivity index (χ3n) is 10.7. The lowest BCUT2D eigenvalue weighted by Crippen LogP contribution is -2.00. The summed E-state index contributed by atoms with van der Waals surface area (Å²) in [5, 5.41) is 9.01. The lowest BCUT2D eigenvalue weighted by atomic mass is 9.95. The second-order valence-corrected chi connectivity index (χ2v) is 14.0. The fourth-order valence-corrected chi connectivity index (χ4v) is 7.97. The SMILES string of the molecule is c1ccc(-c2ccc3cc(-c4nc(-c5ccc6ccccc6c5)nc(-c5cccc6c5oc5cc(-c7ccccc7)c7ccccc7c56)n4)ccc3c2)cc1. The zero-order valence-electron chi connectivity index (χ0n) is 29.6. The first kappa shape index (κ1) is 31.1. The van der Waals surface area contributed by atoms with Crippen molar-refractivity contribution < 1.29 is 4.42 Å². The maximum absolute atomic E-state index is 6.86. The normalized spacial score (nSPS) is 11.6. The van der Waals surface area contributed by atoms with Crippen LogP contribution in [0.2, 0.25) is 0 Å². The van der Waals surface area contributed by atoms with Gasteiger partial charge in [0.25, 0.3) is 0 Å². The minimum atomic E-state index is 0.560. The molecule has 0 radical (unpaired) electrons. The van der Waals surface area contributed by atoms with E-state index in [1.165, 1.54) is 21.9 Å². The van der Waals surface area contributed by atoms with Gasteiger partial charge in [-0.1, -0.05) is 158 Å². The van der Waals surface area contributed by atoms with Gasteiger partial charge >= 0.3 is 0 Å². The second-order valence-electron chi connectivity index (χ2n) is 14.0. The number of nitrogens with zero attached hydrogens (tertiary/aromatic N) is 3. The first-order valence-corrected chi connectivity index (χ1v) is 18.5. The Bertz CT molecular complexity index is 3260. The molecule has 2 aromatic heterocycles. The van der Waals surface area contributed by atoms with Crippen molar-refractivity contribution in [2.45, 2.75) is 0 Å². The number of hydrogen-bond acceptors (Lipinski definition) is 4. The maximum atomic E-state index is 6.86. The molecule has 11 aromatic rings. The van der Waals surface area contributed by atoms with E-state index in [0.29, 0.717) is 17.5 Å². The van der Waals surface area contributed by atoms with E-state index >= 15 is 0 Å². The Balaban J connectivity index is 1.12. The van der Waals surface area contributed by atoms with Crippen molar-refractivity contribution in [2.75, 3.05) is 0 Å². The molecule has 0 atom stereocenters. The number of rotatable bonds is 5. The van der Waals surface area contributed by atoms with Crippen molar-refractivity contribution in [3.63, 3.8) is 0 Å². The van der Waals surface area contributed by atoms with Gasteiger partial charge in [0, 0.05) is 21.9 Å². The molecule has 4 nitrogen and oxygen atoms in total. The molecule has 9 aromatic carbocycles. The molecule has 4 heteroatoms. The summed E-state index contributed by atoms with van der Waals surface area (Å²) in [4.78, 5) is 15.5. The number of benzene rings is 9. The molecule has 2 heterocycles. The predicted octanol–water partition coefficient (Wildman–Crippen LogP) is 13.6. The minimum Gasteiger partial charge on any atom is -0.455 e. The van der Waals surface area contributed by atoms with Crippen LogP contribution in [0.4, 0.5) is 0 Å². The van der Waals surface area contributed by atoms with Crippen LogP contribution >= 0.6 is 0 Å². The Morgan fingerprint density at radius 1 is 0.309 bits per heavy atom. The van der Waals surface area contributed by atoms with E-state index in [1.54, 1.807) is 0 Å². The van der Waals surface area contributed by atoms with E-state index in [4.69, 9.17) is 19.4 Å². The summed E-state index contributed by atoms with van der Waals surface area (Å²) < 4.78 is 6.86. The van der Waals surface area contributed by atoms with E-state index in [1.807, 2.05) is 12.1 Å². The van der Waals surface area contributed by atoms with Crippen LogP contribution in [0.5, 0.6) is 0 Å². The van der Waals surface area contributed by atoms with Crippen molar-refractivity contribution in [1.82, 2.24) is 15.0 Å². The third-order valence-corrected chi connectivity index (χ3v) is 10.7. The zero-order chi connectivity index (χ0) is 36.3. The summed E-state index contributed by atoms with van der Waals surface area (Å²) >= 11 is 0. The molecular weight excluding hydrogens is 671 g/mol. The Morgan fingerprint density at radius 3 is 1.56 bits per heavy atom. The second kappa shape index (κ2) is 12.6. The van der Waals surface area contributed by atoms with Crippen molar-refractivity contribution in [3.8, 4) is 56.4 Å². The lowest BCUT2D eigenvalue weighted by Gasteiger charge is -2.10. The van der Waals surface area contributed by atoms with Gasteiger partial charge in [-0.2, -0.15) is 0 Å². The highest BCUT2D eigenvalue weighted by Crippen LogP contribution is 2.42. The van der Waals surface area contributed by atoms with Gasteiger partial charge < -0.3 is 4.42 Å². The molecule has 0 unspecified atom stereocenters. The molecule has 0 saturated carbocycles. The molecule has 0 amide bonds. The Morgan fingerprint density at radius 2 is 0.836 bits per heavy atom. The van der Waals surface area contributed by atoms with Gasteiger partial charge in [0.2, 0.25) is 0 Å². The van der Waals surface area contributed by atoms with Crippen LogP contribution in [0.25, 0.3) is 111 Å². The van der Waals surface area contributed by atoms with Crippen LogP contribution in [0, 0.1) is 0 Å². The summed E-state index contributed by atoms with van der Waals surface area (Å²) in [6.07, 6.45) is 0. The Hall–Kier alpha value is -7.43.